The number of aromatic nitrogens is 3. The van der Waals surface area contributed by atoms with Gasteiger partial charge in [-0.15, -0.1) is 11.3 Å². The van der Waals surface area contributed by atoms with E-state index in [-0.39, 0.29) is 12.0 Å². The Labute approximate surface area is 144 Å². The molecule has 2 fully saturated rings. The molecule has 0 N–H and O–H groups in total. The minimum atomic E-state index is -0.345. The molecule has 1 saturated heterocycles. The Kier molecular flexibility index (Phi) is 4.18. The van der Waals surface area contributed by atoms with Crippen LogP contribution in [0.3, 0.4) is 0 Å². The molecule has 126 valence electrons. The number of hydrogen-bond donors (Lipinski definition) is 0. The van der Waals surface area contributed by atoms with E-state index in [0.717, 1.165) is 36.0 Å². The van der Waals surface area contributed by atoms with Crippen LogP contribution in [0.15, 0.2) is 17.6 Å². The van der Waals surface area contributed by atoms with E-state index < -0.39 is 0 Å². The van der Waals surface area contributed by atoms with Crippen molar-refractivity contribution in [1.82, 2.24) is 15.0 Å². The second kappa shape index (κ2) is 6.47. The summed E-state index contributed by atoms with van der Waals surface area (Å²) in [6.45, 7) is 3.13. The Balaban J connectivity index is 1.56. The Morgan fingerprint density at radius 3 is 3.04 bits per heavy atom. The van der Waals surface area contributed by atoms with Gasteiger partial charge in [-0.05, 0) is 38.7 Å². The van der Waals surface area contributed by atoms with E-state index in [1.165, 1.54) is 24.2 Å². The normalized spacial score (nSPS) is 20.4. The number of carbonyl (C=O) groups excluding carboxylic acids is 1. The molecule has 2 aromatic heterocycles. The molecule has 1 atom stereocenters. The summed E-state index contributed by atoms with van der Waals surface area (Å²) in [5.41, 5.74) is 0.407. The van der Waals surface area contributed by atoms with Gasteiger partial charge in [0.1, 0.15) is 16.6 Å². The molecule has 2 aromatic rings. The smallest absolute Gasteiger partial charge is 0.357 e. The van der Waals surface area contributed by atoms with Crippen LogP contribution in [0.4, 0.5) is 5.82 Å². The first kappa shape index (κ1) is 15.5. The van der Waals surface area contributed by atoms with Crippen LogP contribution >= 0.6 is 11.3 Å². The first-order valence-corrected chi connectivity index (χ1v) is 9.36. The summed E-state index contributed by atoms with van der Waals surface area (Å²) >= 11 is 1.53. The molecule has 3 heterocycles. The third-order valence-electron chi connectivity index (χ3n) is 4.44. The topological polar surface area (TPSA) is 68.2 Å². The quantitative estimate of drug-likeness (QED) is 0.775. The number of rotatable bonds is 5. The number of esters is 1. The number of thiazole rings is 1. The Morgan fingerprint density at radius 2 is 2.25 bits per heavy atom. The highest BCUT2D eigenvalue weighted by molar-refractivity contribution is 7.10. The van der Waals surface area contributed by atoms with Crippen LogP contribution < -0.4 is 4.90 Å². The van der Waals surface area contributed by atoms with E-state index in [1.807, 2.05) is 12.3 Å². The minimum Gasteiger partial charge on any atom is -0.461 e. The fourth-order valence-corrected chi connectivity index (χ4v) is 4.03. The van der Waals surface area contributed by atoms with Gasteiger partial charge in [0.05, 0.1) is 12.6 Å². The van der Waals surface area contributed by atoms with E-state index in [0.29, 0.717) is 18.2 Å². The highest BCUT2D eigenvalue weighted by atomic mass is 32.1. The molecule has 2 aliphatic rings. The van der Waals surface area contributed by atoms with Gasteiger partial charge in [-0.1, -0.05) is 0 Å². The van der Waals surface area contributed by atoms with Crippen molar-refractivity contribution >= 4 is 23.1 Å². The van der Waals surface area contributed by atoms with Crippen molar-refractivity contribution in [3.05, 3.63) is 34.2 Å². The maximum atomic E-state index is 11.8. The second-order valence-corrected chi connectivity index (χ2v) is 7.08. The fourth-order valence-electron chi connectivity index (χ4n) is 3.10. The van der Waals surface area contributed by atoms with Gasteiger partial charge in [-0.2, -0.15) is 0 Å². The molecule has 1 aliphatic carbocycles. The molecule has 24 heavy (non-hydrogen) atoms. The highest BCUT2D eigenvalue weighted by Crippen LogP contribution is 2.40. The van der Waals surface area contributed by atoms with Crippen LogP contribution in [0.1, 0.15) is 65.9 Å². The summed E-state index contributed by atoms with van der Waals surface area (Å²) in [4.78, 5) is 27.8. The van der Waals surface area contributed by atoms with Crippen LogP contribution in [-0.4, -0.2) is 34.1 Å². The molecular weight excluding hydrogens is 324 g/mol. The zero-order valence-electron chi connectivity index (χ0n) is 13.6. The van der Waals surface area contributed by atoms with Crippen molar-refractivity contribution in [2.24, 2.45) is 0 Å². The maximum absolute atomic E-state index is 11.8. The lowest BCUT2D eigenvalue weighted by molar-refractivity contribution is 0.0520. The monoisotopic (exact) mass is 344 g/mol. The van der Waals surface area contributed by atoms with E-state index >= 15 is 0 Å². The third-order valence-corrected chi connectivity index (χ3v) is 5.39. The largest absolute Gasteiger partial charge is 0.461 e. The average molecular weight is 344 g/mol. The number of carbonyl (C=O) groups is 1. The molecule has 0 amide bonds. The van der Waals surface area contributed by atoms with Crippen molar-refractivity contribution < 1.29 is 9.53 Å². The first-order valence-electron chi connectivity index (χ1n) is 8.48. The van der Waals surface area contributed by atoms with Crippen LogP contribution in [0.25, 0.3) is 0 Å². The van der Waals surface area contributed by atoms with Crippen molar-refractivity contribution in [3.63, 3.8) is 0 Å². The number of anilines is 1. The van der Waals surface area contributed by atoms with Crippen molar-refractivity contribution in [3.8, 4) is 0 Å². The maximum Gasteiger partial charge on any atom is 0.357 e. The summed E-state index contributed by atoms with van der Waals surface area (Å²) in [5, 5.41) is 2.75. The average Bonchev–Trinajstić information content (AvgIpc) is 3.13. The SMILES string of the molecule is CCOC(=O)c1csc(C2CCCN2c2ccnc(C3CC3)n2)n1. The van der Waals surface area contributed by atoms with E-state index in [1.54, 1.807) is 12.3 Å². The molecule has 1 aliphatic heterocycles. The van der Waals surface area contributed by atoms with Gasteiger partial charge in [0, 0.05) is 24.0 Å². The van der Waals surface area contributed by atoms with Crippen LogP contribution in [0, 0.1) is 0 Å². The van der Waals surface area contributed by atoms with Crippen molar-refractivity contribution in [2.45, 2.75) is 44.6 Å². The molecule has 7 heteroatoms. The molecule has 0 spiro atoms. The molecule has 0 bridgehead atoms. The number of hydrogen-bond acceptors (Lipinski definition) is 7. The number of ether oxygens (including phenoxy) is 1. The first-order chi connectivity index (χ1) is 11.8. The molecular formula is C17H20N4O2S. The van der Waals surface area contributed by atoms with Gasteiger partial charge >= 0.3 is 5.97 Å². The lowest BCUT2D eigenvalue weighted by Gasteiger charge is -2.24. The second-order valence-electron chi connectivity index (χ2n) is 6.19. The van der Waals surface area contributed by atoms with Crippen LogP contribution in [0.5, 0.6) is 0 Å². The van der Waals surface area contributed by atoms with Gasteiger partial charge in [0.25, 0.3) is 0 Å². The van der Waals surface area contributed by atoms with E-state index in [4.69, 9.17) is 9.72 Å². The van der Waals surface area contributed by atoms with Crippen molar-refractivity contribution in [2.75, 3.05) is 18.1 Å². The predicted molar refractivity (Wildman–Crippen MR) is 91.4 cm³/mol. The minimum absolute atomic E-state index is 0.181. The molecule has 1 unspecified atom stereocenters. The molecule has 0 radical (unpaired) electrons. The van der Waals surface area contributed by atoms with Crippen LogP contribution in [-0.2, 0) is 4.74 Å². The Bertz CT molecular complexity index is 744. The lowest BCUT2D eigenvalue weighted by atomic mass is 10.2. The lowest BCUT2D eigenvalue weighted by Crippen LogP contribution is -2.24. The summed E-state index contributed by atoms with van der Waals surface area (Å²) in [6.07, 6.45) is 6.38. The molecule has 0 aromatic carbocycles. The van der Waals surface area contributed by atoms with Gasteiger partial charge in [0.15, 0.2) is 5.69 Å². The Morgan fingerprint density at radius 1 is 1.38 bits per heavy atom. The van der Waals surface area contributed by atoms with E-state index in [9.17, 15) is 4.79 Å². The predicted octanol–water partition coefficient (Wildman–Crippen LogP) is 3.33. The van der Waals surface area contributed by atoms with Crippen LogP contribution in [0.2, 0.25) is 0 Å². The third kappa shape index (κ3) is 3.00. The van der Waals surface area contributed by atoms with Gasteiger partial charge in [-0.3, -0.25) is 0 Å². The van der Waals surface area contributed by atoms with Gasteiger partial charge < -0.3 is 9.64 Å². The summed E-state index contributed by atoms with van der Waals surface area (Å²) in [6, 6.07) is 2.16. The Hall–Kier alpha value is -2.02. The summed E-state index contributed by atoms with van der Waals surface area (Å²) < 4.78 is 5.04. The fraction of sp³-hybridized carbons (Fsp3) is 0.529. The highest BCUT2D eigenvalue weighted by Gasteiger charge is 2.32. The van der Waals surface area contributed by atoms with Gasteiger partial charge in [-0.25, -0.2) is 19.7 Å². The number of nitrogens with zero attached hydrogens (tertiary/aromatic N) is 4. The molecule has 4 rings (SSSR count). The molecule has 6 nitrogen and oxygen atoms in total. The zero-order chi connectivity index (χ0) is 16.5. The summed E-state index contributed by atoms with van der Waals surface area (Å²) in [5.74, 6) is 2.13. The molecule has 1 saturated carbocycles. The zero-order valence-corrected chi connectivity index (χ0v) is 14.5. The van der Waals surface area contributed by atoms with Crippen molar-refractivity contribution in [1.29, 1.82) is 0 Å². The summed E-state index contributed by atoms with van der Waals surface area (Å²) in [7, 11) is 0. The van der Waals surface area contributed by atoms with Gasteiger partial charge in [0.2, 0.25) is 0 Å². The van der Waals surface area contributed by atoms with E-state index in [2.05, 4.69) is 14.9 Å². The standard InChI is InChI=1S/C17H20N4O2S/c1-2-23-17(22)12-10-24-16(19-12)13-4-3-9-21(13)14-7-8-18-15(20-14)11-5-6-11/h7-8,10-11,13H,2-6,9H2,1H3.